The second-order valence-electron chi connectivity index (χ2n) is 3.75. The highest BCUT2D eigenvalue weighted by atomic mass is 19.1. The van der Waals surface area contributed by atoms with E-state index in [1.807, 2.05) is 0 Å². The highest BCUT2D eigenvalue weighted by molar-refractivity contribution is 5.95. The Morgan fingerprint density at radius 1 is 1.24 bits per heavy atom. The van der Waals surface area contributed by atoms with E-state index in [1.54, 1.807) is 0 Å². The maximum absolute atomic E-state index is 13.4. The van der Waals surface area contributed by atoms with Crippen LogP contribution in [-0.4, -0.2) is 18.7 Å². The van der Waals surface area contributed by atoms with E-state index in [-0.39, 0.29) is 30.2 Å². The Morgan fingerprint density at radius 2 is 1.88 bits per heavy atom. The first-order chi connectivity index (χ1) is 7.91. The number of ketones is 1. The zero-order valence-corrected chi connectivity index (χ0v) is 9.67. The molecule has 0 spiro atoms. The number of carbonyl (C=O) groups is 2. The molecule has 0 N–H and O–H groups in total. The lowest BCUT2D eigenvalue weighted by atomic mass is 10.2. The fourth-order valence-corrected chi connectivity index (χ4v) is 1.34. The number of Topliss-reactive ketones (excluding diaryl/α,β-unsaturated/α-hetero) is 1. The van der Waals surface area contributed by atoms with Crippen molar-refractivity contribution in [2.24, 2.45) is 0 Å². The molecule has 17 heavy (non-hydrogen) atoms. The number of anilines is 1. The van der Waals surface area contributed by atoms with Gasteiger partial charge in [-0.25, -0.2) is 8.78 Å². The van der Waals surface area contributed by atoms with E-state index >= 15 is 0 Å². The van der Waals surface area contributed by atoms with E-state index in [0.717, 1.165) is 11.0 Å². The molecular formula is C12H13F2NO2. The van der Waals surface area contributed by atoms with Gasteiger partial charge in [0, 0.05) is 26.0 Å². The molecule has 0 aliphatic carbocycles. The zero-order valence-electron chi connectivity index (χ0n) is 9.67. The van der Waals surface area contributed by atoms with Crippen LogP contribution in [0.25, 0.3) is 0 Å². The summed E-state index contributed by atoms with van der Waals surface area (Å²) >= 11 is 0. The number of nitrogens with zero attached hydrogens (tertiary/aromatic N) is 1. The summed E-state index contributed by atoms with van der Waals surface area (Å²) in [5.41, 5.74) is -0.0000444. The van der Waals surface area contributed by atoms with Crippen LogP contribution in [0.1, 0.15) is 19.8 Å². The molecule has 92 valence electrons. The molecule has 0 saturated carbocycles. The lowest BCUT2D eigenvalue weighted by molar-refractivity contribution is -0.122. The summed E-state index contributed by atoms with van der Waals surface area (Å²) in [6, 6.07) is 2.98. The summed E-state index contributed by atoms with van der Waals surface area (Å²) in [5, 5.41) is 0. The van der Waals surface area contributed by atoms with Gasteiger partial charge in [0.2, 0.25) is 5.91 Å². The zero-order chi connectivity index (χ0) is 13.0. The minimum Gasteiger partial charge on any atom is -0.313 e. The summed E-state index contributed by atoms with van der Waals surface area (Å²) < 4.78 is 26.0. The van der Waals surface area contributed by atoms with Crippen LogP contribution in [0.5, 0.6) is 0 Å². The van der Waals surface area contributed by atoms with Crippen LogP contribution in [-0.2, 0) is 9.59 Å². The summed E-state index contributed by atoms with van der Waals surface area (Å²) in [4.78, 5) is 23.4. The Hall–Kier alpha value is -1.78. The van der Waals surface area contributed by atoms with Gasteiger partial charge in [0.25, 0.3) is 0 Å². The van der Waals surface area contributed by atoms with E-state index in [4.69, 9.17) is 0 Å². The molecule has 1 aromatic carbocycles. The summed E-state index contributed by atoms with van der Waals surface area (Å²) in [6.45, 7) is 1.38. The van der Waals surface area contributed by atoms with Crippen molar-refractivity contribution in [3.05, 3.63) is 29.8 Å². The van der Waals surface area contributed by atoms with Gasteiger partial charge in [-0.1, -0.05) is 0 Å². The van der Waals surface area contributed by atoms with Gasteiger partial charge in [-0.3, -0.25) is 4.79 Å². The lowest BCUT2D eigenvalue weighted by Crippen LogP contribution is -2.27. The Balaban J connectivity index is 2.78. The van der Waals surface area contributed by atoms with E-state index < -0.39 is 11.6 Å². The largest absolute Gasteiger partial charge is 0.313 e. The van der Waals surface area contributed by atoms with Gasteiger partial charge >= 0.3 is 0 Å². The number of halogens is 2. The lowest BCUT2D eigenvalue weighted by Gasteiger charge is -2.17. The molecule has 1 aromatic rings. The predicted molar refractivity (Wildman–Crippen MR) is 59.7 cm³/mol. The standard InChI is InChI=1S/C12H13F2NO2/c1-8(16)3-6-12(17)15(2)11-5-4-9(13)7-10(11)14/h4-5,7H,3,6H2,1-2H3. The molecule has 1 amide bonds. The van der Waals surface area contributed by atoms with Gasteiger partial charge in [0.15, 0.2) is 0 Å². The van der Waals surface area contributed by atoms with Crippen LogP contribution in [0.15, 0.2) is 18.2 Å². The van der Waals surface area contributed by atoms with Crippen molar-refractivity contribution in [2.75, 3.05) is 11.9 Å². The van der Waals surface area contributed by atoms with Gasteiger partial charge in [-0.05, 0) is 19.1 Å². The third-order valence-corrected chi connectivity index (χ3v) is 2.34. The van der Waals surface area contributed by atoms with E-state index in [0.29, 0.717) is 6.07 Å². The molecule has 0 unspecified atom stereocenters. The van der Waals surface area contributed by atoms with Crippen LogP contribution < -0.4 is 4.90 Å². The summed E-state index contributed by atoms with van der Waals surface area (Å²) in [6.07, 6.45) is 0.134. The van der Waals surface area contributed by atoms with E-state index in [2.05, 4.69) is 0 Å². The average Bonchev–Trinajstić information content (AvgIpc) is 2.25. The number of carbonyl (C=O) groups excluding carboxylic acids is 2. The molecule has 1 rings (SSSR count). The van der Waals surface area contributed by atoms with Crippen molar-refractivity contribution >= 4 is 17.4 Å². The third kappa shape index (κ3) is 3.62. The van der Waals surface area contributed by atoms with Crippen molar-refractivity contribution < 1.29 is 18.4 Å². The minimum absolute atomic E-state index is 0.0000444. The molecule has 0 aromatic heterocycles. The quantitative estimate of drug-likeness (QED) is 0.811. The molecule has 0 fully saturated rings. The maximum atomic E-state index is 13.4. The molecule has 0 aliphatic heterocycles. The molecule has 0 radical (unpaired) electrons. The monoisotopic (exact) mass is 241 g/mol. The second-order valence-corrected chi connectivity index (χ2v) is 3.75. The number of hydrogen-bond acceptors (Lipinski definition) is 2. The van der Waals surface area contributed by atoms with E-state index in [1.165, 1.54) is 20.0 Å². The highest BCUT2D eigenvalue weighted by Gasteiger charge is 2.15. The SMILES string of the molecule is CC(=O)CCC(=O)N(C)c1ccc(F)cc1F. The molecule has 0 atom stereocenters. The van der Waals surface area contributed by atoms with Gasteiger partial charge in [-0.2, -0.15) is 0 Å². The highest BCUT2D eigenvalue weighted by Crippen LogP contribution is 2.19. The van der Waals surface area contributed by atoms with Crippen LogP contribution in [0.2, 0.25) is 0 Å². The average molecular weight is 241 g/mol. The Bertz CT molecular complexity index is 446. The molecule has 3 nitrogen and oxygen atoms in total. The Labute approximate surface area is 98.0 Å². The molecule has 0 saturated heterocycles. The normalized spacial score (nSPS) is 10.1. The molecule has 0 bridgehead atoms. The van der Waals surface area contributed by atoms with Crippen LogP contribution in [0.4, 0.5) is 14.5 Å². The summed E-state index contributed by atoms with van der Waals surface area (Å²) in [7, 11) is 1.39. The van der Waals surface area contributed by atoms with Crippen molar-refractivity contribution in [2.45, 2.75) is 19.8 Å². The van der Waals surface area contributed by atoms with Gasteiger partial charge < -0.3 is 9.69 Å². The van der Waals surface area contributed by atoms with Crippen molar-refractivity contribution in [1.29, 1.82) is 0 Å². The smallest absolute Gasteiger partial charge is 0.227 e. The molecular weight excluding hydrogens is 228 g/mol. The number of amides is 1. The van der Waals surface area contributed by atoms with Gasteiger partial charge in [0.05, 0.1) is 5.69 Å². The molecule has 5 heteroatoms. The van der Waals surface area contributed by atoms with Gasteiger partial charge in [0.1, 0.15) is 17.4 Å². The number of hydrogen-bond donors (Lipinski definition) is 0. The molecule has 0 heterocycles. The van der Waals surface area contributed by atoms with Crippen LogP contribution in [0, 0.1) is 11.6 Å². The van der Waals surface area contributed by atoms with Crippen LogP contribution in [0.3, 0.4) is 0 Å². The van der Waals surface area contributed by atoms with Crippen molar-refractivity contribution in [1.82, 2.24) is 0 Å². The first kappa shape index (κ1) is 13.3. The fourth-order valence-electron chi connectivity index (χ4n) is 1.34. The Kier molecular flexibility index (Phi) is 4.31. The third-order valence-electron chi connectivity index (χ3n) is 2.34. The van der Waals surface area contributed by atoms with Crippen LogP contribution >= 0.6 is 0 Å². The Morgan fingerprint density at radius 3 is 2.41 bits per heavy atom. The topological polar surface area (TPSA) is 37.4 Å². The molecule has 0 aliphatic rings. The number of benzene rings is 1. The summed E-state index contributed by atoms with van der Waals surface area (Å²) in [5.74, 6) is -1.99. The number of rotatable bonds is 4. The van der Waals surface area contributed by atoms with Crippen molar-refractivity contribution in [3.8, 4) is 0 Å². The fraction of sp³-hybridized carbons (Fsp3) is 0.333. The maximum Gasteiger partial charge on any atom is 0.227 e. The first-order valence-electron chi connectivity index (χ1n) is 5.13. The first-order valence-corrected chi connectivity index (χ1v) is 5.13. The van der Waals surface area contributed by atoms with E-state index in [9.17, 15) is 18.4 Å². The predicted octanol–water partition coefficient (Wildman–Crippen LogP) is 2.30. The minimum atomic E-state index is -0.802. The van der Waals surface area contributed by atoms with Crippen molar-refractivity contribution in [3.63, 3.8) is 0 Å². The second kappa shape index (κ2) is 5.52. The van der Waals surface area contributed by atoms with Gasteiger partial charge in [-0.15, -0.1) is 0 Å².